The molecule has 0 bridgehead atoms. The summed E-state index contributed by atoms with van der Waals surface area (Å²) in [4.78, 5) is 30.9. The number of carboxylic acid groups (broad SMARTS) is 1. The summed E-state index contributed by atoms with van der Waals surface area (Å²) in [5, 5.41) is 20.7. The largest absolute Gasteiger partial charge is 0.478 e. The van der Waals surface area contributed by atoms with Crippen molar-refractivity contribution in [2.45, 2.75) is 30.3 Å². The predicted octanol–water partition coefficient (Wildman–Crippen LogP) is 1.96. The van der Waals surface area contributed by atoms with Crippen LogP contribution in [0.25, 0.3) is 0 Å². The molecule has 9 nitrogen and oxygen atoms in total. The summed E-state index contributed by atoms with van der Waals surface area (Å²) in [5.41, 5.74) is 1.17. The molecule has 0 atom stereocenters. The van der Waals surface area contributed by atoms with Gasteiger partial charge in [0, 0.05) is 18.4 Å². The lowest BCUT2D eigenvalue weighted by Gasteiger charge is -2.05. The fraction of sp³-hybridized carbons (Fsp3) is 0.412. The number of rotatable bonds is 4. The van der Waals surface area contributed by atoms with Crippen LogP contribution in [-0.4, -0.2) is 70.4 Å². The van der Waals surface area contributed by atoms with Crippen molar-refractivity contribution in [1.82, 2.24) is 25.1 Å². The maximum absolute atomic E-state index is 11.1. The number of carbonyl (C=O) groups is 3. The van der Waals surface area contributed by atoms with Gasteiger partial charge in [0.25, 0.3) is 0 Å². The van der Waals surface area contributed by atoms with Crippen molar-refractivity contribution < 1.29 is 19.5 Å². The molecule has 1 heterocycles. The number of aromatic nitrogens is 4. The maximum Gasteiger partial charge on any atom is 0.336 e. The Bertz CT molecular complexity index is 689. The number of benzene rings is 1. The minimum Gasteiger partial charge on any atom is -0.478 e. The minimum absolute atomic E-state index is 0.262. The molecule has 1 aromatic carbocycles. The van der Waals surface area contributed by atoms with E-state index >= 15 is 0 Å². The smallest absolute Gasteiger partial charge is 0.336 e. The molecular weight excluding hydrogens is 370 g/mol. The molecule has 0 aliphatic carbocycles. The highest BCUT2D eigenvalue weighted by Crippen LogP contribution is 2.28. The van der Waals surface area contributed by atoms with E-state index < -0.39 is 5.97 Å². The molecule has 2 aromatic rings. The number of aromatic carboxylic acids is 1. The van der Waals surface area contributed by atoms with Gasteiger partial charge in [0.1, 0.15) is 13.1 Å². The molecule has 0 fully saturated rings. The van der Waals surface area contributed by atoms with Crippen molar-refractivity contribution in [3.63, 3.8) is 0 Å². The van der Waals surface area contributed by atoms with Crippen LogP contribution in [0.4, 0.5) is 0 Å². The highest BCUT2D eigenvalue weighted by atomic mass is 32.2. The number of tetrazole rings is 1. The van der Waals surface area contributed by atoms with Crippen LogP contribution >= 0.6 is 11.8 Å². The molecule has 0 saturated heterocycles. The fourth-order valence-corrected chi connectivity index (χ4v) is 2.14. The van der Waals surface area contributed by atoms with Gasteiger partial charge < -0.3 is 19.6 Å². The van der Waals surface area contributed by atoms with E-state index in [2.05, 4.69) is 15.5 Å². The summed E-state index contributed by atoms with van der Waals surface area (Å²) in [6, 6.07) is 5.26. The van der Waals surface area contributed by atoms with Crippen LogP contribution in [0.15, 0.2) is 28.3 Å². The van der Waals surface area contributed by atoms with E-state index in [1.165, 1.54) is 16.4 Å². The van der Waals surface area contributed by atoms with Gasteiger partial charge in [-0.1, -0.05) is 18.6 Å². The molecule has 0 aliphatic heterocycles. The van der Waals surface area contributed by atoms with E-state index in [-0.39, 0.29) is 5.56 Å². The molecule has 150 valence electrons. The molecule has 0 unspecified atom stereocenters. The Morgan fingerprint density at radius 3 is 2.22 bits per heavy atom. The van der Waals surface area contributed by atoms with Gasteiger partial charge in [0.15, 0.2) is 0 Å². The van der Waals surface area contributed by atoms with Crippen LogP contribution in [0.2, 0.25) is 0 Å². The van der Waals surface area contributed by atoms with Crippen LogP contribution in [0, 0.1) is 6.92 Å². The highest BCUT2D eigenvalue weighted by Gasteiger charge is 2.14. The first-order valence-corrected chi connectivity index (χ1v) is 8.62. The molecule has 0 amide bonds. The van der Waals surface area contributed by atoms with Crippen molar-refractivity contribution in [3.8, 4) is 0 Å². The number of hydrogen-bond acceptors (Lipinski definition) is 8. The van der Waals surface area contributed by atoms with Crippen molar-refractivity contribution >= 4 is 30.8 Å². The Kier molecular flexibility index (Phi) is 15.4. The fourth-order valence-electron chi connectivity index (χ4n) is 1.31. The lowest BCUT2D eigenvalue weighted by atomic mass is 10.1. The molecule has 0 spiro atoms. The highest BCUT2D eigenvalue weighted by molar-refractivity contribution is 7.99. The van der Waals surface area contributed by atoms with E-state index in [1.807, 2.05) is 52.7 Å². The van der Waals surface area contributed by atoms with Crippen LogP contribution in [-0.2, 0) is 16.6 Å². The minimum atomic E-state index is -0.952. The second-order valence-corrected chi connectivity index (χ2v) is 6.42. The average molecular weight is 398 g/mol. The number of carboxylic acids is 1. The standard InChI is InChI=1S/C10H10N4O2S.C3H9N.C3H6O.CH2O/c1-6-3-4-8(7(5-6)9(15)16)17-10-11-12-13-14(10)2;1-4(2)3;1-2-3-4;1-2/h3-5H,1-2H3,(H,15,16);1-3H3;3H,2H2,1H3;1H2. The van der Waals surface area contributed by atoms with Crippen LogP contribution in [0.1, 0.15) is 29.3 Å². The number of carbonyl (C=O) groups excluding carboxylic acids is 2. The zero-order valence-electron chi connectivity index (χ0n) is 16.5. The third kappa shape index (κ3) is 12.4. The molecule has 0 aliphatic rings. The number of aryl methyl sites for hydroxylation is 2. The Labute approximate surface area is 163 Å². The van der Waals surface area contributed by atoms with Gasteiger partial charge in [-0.05, 0) is 62.4 Å². The van der Waals surface area contributed by atoms with Gasteiger partial charge in [-0.25, -0.2) is 9.48 Å². The first-order chi connectivity index (χ1) is 12.7. The Morgan fingerprint density at radius 2 is 1.85 bits per heavy atom. The number of nitrogens with zero attached hydrogens (tertiary/aromatic N) is 5. The quantitative estimate of drug-likeness (QED) is 0.772. The van der Waals surface area contributed by atoms with Crippen molar-refractivity contribution in [2.75, 3.05) is 21.1 Å². The summed E-state index contributed by atoms with van der Waals surface area (Å²) < 4.78 is 1.50. The van der Waals surface area contributed by atoms with Crippen molar-refractivity contribution in [1.29, 1.82) is 0 Å². The second kappa shape index (κ2) is 15.6. The SMILES string of the molecule is C=O.CCC=O.CN(C)C.Cc1ccc(Sc2nnnn2C)c(C(=O)O)c1. The molecule has 27 heavy (non-hydrogen) atoms. The van der Waals surface area contributed by atoms with Gasteiger partial charge in [0.05, 0.1) is 5.56 Å². The van der Waals surface area contributed by atoms with Crippen LogP contribution in [0.5, 0.6) is 0 Å². The van der Waals surface area contributed by atoms with Crippen molar-refractivity contribution in [2.24, 2.45) is 7.05 Å². The Hall–Kier alpha value is -2.59. The monoisotopic (exact) mass is 397 g/mol. The lowest BCUT2D eigenvalue weighted by Crippen LogP contribution is -2.00. The molecule has 0 saturated carbocycles. The van der Waals surface area contributed by atoms with E-state index in [1.54, 1.807) is 19.2 Å². The van der Waals surface area contributed by atoms with Gasteiger partial charge in [-0.15, -0.1) is 5.10 Å². The zero-order valence-corrected chi connectivity index (χ0v) is 17.4. The number of aldehydes is 1. The summed E-state index contributed by atoms with van der Waals surface area (Å²) in [6.07, 6.45) is 1.51. The van der Waals surface area contributed by atoms with Gasteiger partial charge in [-0.2, -0.15) is 0 Å². The van der Waals surface area contributed by atoms with E-state index in [4.69, 9.17) is 9.90 Å². The third-order valence-electron chi connectivity index (χ3n) is 2.31. The normalized spacial score (nSPS) is 9.00. The van der Waals surface area contributed by atoms with Crippen molar-refractivity contribution in [3.05, 3.63) is 29.3 Å². The van der Waals surface area contributed by atoms with E-state index in [0.717, 1.165) is 11.8 Å². The average Bonchev–Trinajstić information content (AvgIpc) is 3.02. The van der Waals surface area contributed by atoms with Gasteiger partial charge in [-0.3, -0.25) is 0 Å². The Balaban J connectivity index is 0. The molecule has 2 rings (SSSR count). The van der Waals surface area contributed by atoms with E-state index in [9.17, 15) is 9.59 Å². The summed E-state index contributed by atoms with van der Waals surface area (Å²) >= 11 is 1.23. The zero-order chi connectivity index (χ0) is 21.4. The van der Waals surface area contributed by atoms with E-state index in [0.29, 0.717) is 16.5 Å². The molecular formula is C17H27N5O4S. The van der Waals surface area contributed by atoms with Crippen LogP contribution in [0.3, 0.4) is 0 Å². The molecule has 1 aromatic heterocycles. The molecule has 1 N–H and O–H groups in total. The van der Waals surface area contributed by atoms with Gasteiger partial charge in [0.2, 0.25) is 5.16 Å². The maximum atomic E-state index is 11.1. The summed E-state index contributed by atoms with van der Waals surface area (Å²) in [6.45, 7) is 5.66. The topological polar surface area (TPSA) is 118 Å². The summed E-state index contributed by atoms with van der Waals surface area (Å²) in [5.74, 6) is -0.952. The lowest BCUT2D eigenvalue weighted by molar-refractivity contribution is -0.107. The molecule has 10 heteroatoms. The number of hydrogen-bond donors (Lipinski definition) is 1. The van der Waals surface area contributed by atoms with Crippen LogP contribution < -0.4 is 0 Å². The second-order valence-electron chi connectivity index (χ2n) is 5.41. The van der Waals surface area contributed by atoms with Gasteiger partial charge >= 0.3 is 5.97 Å². The molecule has 0 radical (unpaired) electrons. The Morgan fingerprint density at radius 1 is 1.33 bits per heavy atom. The third-order valence-corrected chi connectivity index (χ3v) is 3.42. The first kappa shape index (κ1) is 26.6. The summed E-state index contributed by atoms with van der Waals surface area (Å²) in [7, 11) is 7.71. The first-order valence-electron chi connectivity index (χ1n) is 7.80. The predicted molar refractivity (Wildman–Crippen MR) is 104 cm³/mol.